The van der Waals surface area contributed by atoms with Crippen LogP contribution < -0.4 is 11.1 Å². The van der Waals surface area contributed by atoms with Gasteiger partial charge in [0.25, 0.3) is 0 Å². The van der Waals surface area contributed by atoms with Crippen LogP contribution in [0.5, 0.6) is 0 Å². The maximum atomic E-state index is 5.70. The summed E-state index contributed by atoms with van der Waals surface area (Å²) in [7, 11) is 0. The molecular formula is C11H20N4. The summed E-state index contributed by atoms with van der Waals surface area (Å²) in [5.74, 6) is 2.12. The highest BCUT2D eigenvalue weighted by Gasteiger charge is 2.15. The van der Waals surface area contributed by atoms with Crippen LogP contribution in [0, 0.1) is 0 Å². The highest BCUT2D eigenvalue weighted by atomic mass is 15.1. The Morgan fingerprint density at radius 1 is 1.33 bits per heavy atom. The van der Waals surface area contributed by atoms with E-state index in [9.17, 15) is 0 Å². The summed E-state index contributed by atoms with van der Waals surface area (Å²) in [6.07, 6.45) is 1.82. The Labute approximate surface area is 91.3 Å². The number of nitrogens with one attached hydrogen (secondary N) is 1. The Hall–Kier alpha value is -1.32. The van der Waals surface area contributed by atoms with Gasteiger partial charge in [0, 0.05) is 18.0 Å². The summed E-state index contributed by atoms with van der Waals surface area (Å²) in [6.45, 7) is 8.43. The lowest BCUT2D eigenvalue weighted by Crippen LogP contribution is -2.30. The zero-order chi connectivity index (χ0) is 11.5. The Balaban J connectivity index is 2.90. The first kappa shape index (κ1) is 11.8. The quantitative estimate of drug-likeness (QED) is 0.796. The number of nitrogens with zero attached hydrogens (tertiary/aromatic N) is 2. The van der Waals surface area contributed by atoms with Gasteiger partial charge in [-0.25, -0.2) is 9.97 Å². The molecule has 15 heavy (non-hydrogen) atoms. The maximum absolute atomic E-state index is 5.70. The fraction of sp³-hybridized carbons (Fsp3) is 0.636. The number of rotatable bonds is 4. The molecule has 1 aromatic rings. The van der Waals surface area contributed by atoms with Crippen LogP contribution >= 0.6 is 0 Å². The molecule has 0 aromatic carbocycles. The van der Waals surface area contributed by atoms with Crippen molar-refractivity contribution in [1.29, 1.82) is 0 Å². The van der Waals surface area contributed by atoms with Crippen molar-refractivity contribution in [2.24, 2.45) is 0 Å². The van der Waals surface area contributed by atoms with Gasteiger partial charge >= 0.3 is 0 Å². The molecule has 0 radical (unpaired) electrons. The molecule has 1 heterocycles. The molecule has 0 bridgehead atoms. The molecule has 1 aromatic heterocycles. The summed E-state index contributed by atoms with van der Waals surface area (Å²) in [5.41, 5.74) is 5.74. The molecule has 0 aliphatic rings. The third-order valence-corrected chi connectivity index (χ3v) is 2.46. The molecule has 0 saturated heterocycles. The molecule has 0 aliphatic heterocycles. The lowest BCUT2D eigenvalue weighted by atomic mass is 10.0. The first-order chi connectivity index (χ1) is 6.96. The number of anilines is 2. The summed E-state index contributed by atoms with van der Waals surface area (Å²) >= 11 is 0. The van der Waals surface area contributed by atoms with Crippen LogP contribution in [-0.4, -0.2) is 15.5 Å². The zero-order valence-corrected chi connectivity index (χ0v) is 9.96. The Morgan fingerprint density at radius 2 is 2.00 bits per heavy atom. The van der Waals surface area contributed by atoms with Gasteiger partial charge in [-0.2, -0.15) is 0 Å². The number of nitrogen functional groups attached to an aromatic ring is 1. The van der Waals surface area contributed by atoms with Gasteiger partial charge in [0.1, 0.15) is 17.5 Å². The van der Waals surface area contributed by atoms with Gasteiger partial charge in [0.2, 0.25) is 0 Å². The minimum absolute atomic E-state index is 0.0335. The summed E-state index contributed by atoms with van der Waals surface area (Å²) in [4.78, 5) is 8.52. The van der Waals surface area contributed by atoms with Crippen LogP contribution in [0.1, 0.15) is 39.9 Å². The molecule has 84 valence electrons. The largest absolute Gasteiger partial charge is 0.384 e. The van der Waals surface area contributed by atoms with E-state index in [1.807, 2.05) is 6.92 Å². The second kappa shape index (κ2) is 4.47. The van der Waals surface area contributed by atoms with Gasteiger partial charge in [-0.3, -0.25) is 0 Å². The van der Waals surface area contributed by atoms with Crippen LogP contribution in [0.15, 0.2) is 6.07 Å². The summed E-state index contributed by atoms with van der Waals surface area (Å²) in [6, 6.07) is 1.77. The topological polar surface area (TPSA) is 63.8 Å². The fourth-order valence-corrected chi connectivity index (χ4v) is 1.17. The van der Waals surface area contributed by atoms with Crippen molar-refractivity contribution in [2.45, 2.75) is 46.1 Å². The third-order valence-electron chi connectivity index (χ3n) is 2.46. The van der Waals surface area contributed by atoms with Crippen LogP contribution in [0.4, 0.5) is 11.6 Å². The van der Waals surface area contributed by atoms with Crippen molar-refractivity contribution < 1.29 is 0 Å². The molecule has 0 aliphatic carbocycles. The minimum atomic E-state index is 0.0335. The average molecular weight is 208 g/mol. The van der Waals surface area contributed by atoms with E-state index in [-0.39, 0.29) is 5.54 Å². The van der Waals surface area contributed by atoms with Crippen LogP contribution in [0.3, 0.4) is 0 Å². The van der Waals surface area contributed by atoms with Crippen LogP contribution in [0.25, 0.3) is 0 Å². The smallest absolute Gasteiger partial charge is 0.132 e. The van der Waals surface area contributed by atoms with Gasteiger partial charge in [-0.1, -0.05) is 13.8 Å². The molecule has 0 spiro atoms. The van der Waals surface area contributed by atoms with Crippen LogP contribution in [0.2, 0.25) is 0 Å². The van der Waals surface area contributed by atoms with Gasteiger partial charge < -0.3 is 11.1 Å². The number of aromatic nitrogens is 2. The lowest BCUT2D eigenvalue weighted by Gasteiger charge is -2.25. The molecule has 4 nitrogen and oxygen atoms in total. The number of hydrogen-bond donors (Lipinski definition) is 2. The number of aryl methyl sites for hydroxylation is 1. The van der Waals surface area contributed by atoms with Crippen molar-refractivity contribution in [2.75, 3.05) is 11.1 Å². The monoisotopic (exact) mass is 208 g/mol. The summed E-state index contributed by atoms with van der Waals surface area (Å²) in [5, 5.41) is 3.35. The van der Waals surface area contributed by atoms with E-state index in [1.54, 1.807) is 6.07 Å². The van der Waals surface area contributed by atoms with E-state index in [0.29, 0.717) is 5.82 Å². The Bertz CT molecular complexity index is 333. The molecule has 0 fully saturated rings. The normalized spacial score (nSPS) is 11.5. The minimum Gasteiger partial charge on any atom is -0.384 e. The standard InChI is InChI=1S/C11H20N4/c1-5-9-13-8(12)7-10(14-9)15-11(3,4)6-2/h7H,5-6H2,1-4H3,(H3,12,13,14,15). The highest BCUT2D eigenvalue weighted by molar-refractivity contribution is 5.46. The van der Waals surface area contributed by atoms with Crippen molar-refractivity contribution in [3.63, 3.8) is 0 Å². The van der Waals surface area contributed by atoms with Gasteiger partial charge in [-0.05, 0) is 20.3 Å². The molecule has 0 atom stereocenters. The van der Waals surface area contributed by atoms with E-state index in [0.717, 1.165) is 24.5 Å². The number of hydrogen-bond acceptors (Lipinski definition) is 4. The SMILES string of the molecule is CCc1nc(N)cc(NC(C)(C)CC)n1. The summed E-state index contributed by atoms with van der Waals surface area (Å²) < 4.78 is 0. The molecule has 0 saturated carbocycles. The second-order valence-electron chi connectivity index (χ2n) is 4.31. The van der Waals surface area contributed by atoms with Crippen LogP contribution in [-0.2, 0) is 6.42 Å². The molecular weight excluding hydrogens is 188 g/mol. The van der Waals surface area contributed by atoms with E-state index in [1.165, 1.54) is 0 Å². The van der Waals surface area contributed by atoms with E-state index < -0.39 is 0 Å². The Morgan fingerprint density at radius 3 is 2.53 bits per heavy atom. The van der Waals surface area contributed by atoms with Crippen molar-refractivity contribution in [3.8, 4) is 0 Å². The maximum Gasteiger partial charge on any atom is 0.132 e. The first-order valence-corrected chi connectivity index (χ1v) is 5.38. The van der Waals surface area contributed by atoms with Gasteiger partial charge in [0.15, 0.2) is 0 Å². The average Bonchev–Trinajstić information content (AvgIpc) is 2.16. The molecule has 0 amide bonds. The zero-order valence-electron chi connectivity index (χ0n) is 9.96. The second-order valence-corrected chi connectivity index (χ2v) is 4.31. The van der Waals surface area contributed by atoms with Crippen molar-refractivity contribution >= 4 is 11.6 Å². The van der Waals surface area contributed by atoms with Crippen molar-refractivity contribution in [1.82, 2.24) is 9.97 Å². The third kappa shape index (κ3) is 3.38. The lowest BCUT2D eigenvalue weighted by molar-refractivity contribution is 0.544. The molecule has 3 N–H and O–H groups in total. The molecule has 4 heteroatoms. The fourth-order valence-electron chi connectivity index (χ4n) is 1.17. The predicted molar refractivity (Wildman–Crippen MR) is 63.8 cm³/mol. The van der Waals surface area contributed by atoms with E-state index >= 15 is 0 Å². The number of nitrogens with two attached hydrogens (primary N) is 1. The highest BCUT2D eigenvalue weighted by Crippen LogP contribution is 2.17. The molecule has 0 unspecified atom stereocenters. The van der Waals surface area contributed by atoms with Gasteiger partial charge in [-0.15, -0.1) is 0 Å². The van der Waals surface area contributed by atoms with E-state index in [4.69, 9.17) is 5.73 Å². The first-order valence-electron chi connectivity index (χ1n) is 5.38. The van der Waals surface area contributed by atoms with Crippen molar-refractivity contribution in [3.05, 3.63) is 11.9 Å². The van der Waals surface area contributed by atoms with Gasteiger partial charge in [0.05, 0.1) is 0 Å². The molecule has 1 rings (SSSR count). The van der Waals surface area contributed by atoms with E-state index in [2.05, 4.69) is 36.1 Å². The predicted octanol–water partition coefficient (Wildman–Crippen LogP) is 2.22. The Kier molecular flexibility index (Phi) is 3.50.